The van der Waals surface area contributed by atoms with E-state index < -0.39 is 0 Å². The maximum absolute atomic E-state index is 11.6. The number of nitrogens with two attached hydrogens (primary N) is 1. The molecule has 0 aliphatic rings. The summed E-state index contributed by atoms with van der Waals surface area (Å²) in [6.45, 7) is 3.61. The van der Waals surface area contributed by atoms with E-state index in [0.29, 0.717) is 5.02 Å². The van der Waals surface area contributed by atoms with Crippen LogP contribution in [0.25, 0.3) is 0 Å². The molecule has 0 fully saturated rings. The molecule has 3 nitrogen and oxygen atoms in total. The summed E-state index contributed by atoms with van der Waals surface area (Å²) in [4.78, 5) is 11.6. The highest BCUT2D eigenvalue weighted by Crippen LogP contribution is 2.14. The van der Waals surface area contributed by atoms with Crippen molar-refractivity contribution in [2.45, 2.75) is 19.9 Å². The van der Waals surface area contributed by atoms with E-state index >= 15 is 0 Å². The Hall–Kier alpha value is -0.770. The Bertz CT molecular complexity index is 338. The van der Waals surface area contributed by atoms with Crippen molar-refractivity contribution in [3.05, 3.63) is 29.3 Å². The normalized spacial score (nSPS) is 13.5. The summed E-state index contributed by atoms with van der Waals surface area (Å²) in [6, 6.07) is 6.82. The topological polar surface area (TPSA) is 55.1 Å². The molecule has 0 aliphatic carbocycles. The summed E-state index contributed by atoms with van der Waals surface area (Å²) in [5.74, 6) is -0.284. The van der Waals surface area contributed by atoms with E-state index in [9.17, 15) is 4.79 Å². The minimum atomic E-state index is -0.208. The zero-order valence-corrected chi connectivity index (χ0v) is 10.8. The first-order chi connectivity index (χ1) is 7.00. The van der Waals surface area contributed by atoms with Crippen LogP contribution in [0.4, 0.5) is 5.69 Å². The Kier molecular flexibility index (Phi) is 6.41. The van der Waals surface area contributed by atoms with Gasteiger partial charge in [-0.3, -0.25) is 4.79 Å². The van der Waals surface area contributed by atoms with Crippen LogP contribution in [-0.4, -0.2) is 11.9 Å². The summed E-state index contributed by atoms with van der Waals surface area (Å²) in [6.07, 6.45) is 0. The van der Waals surface area contributed by atoms with Gasteiger partial charge in [0.1, 0.15) is 0 Å². The van der Waals surface area contributed by atoms with Crippen LogP contribution < -0.4 is 11.1 Å². The predicted molar refractivity (Wildman–Crippen MR) is 70.1 cm³/mol. The molecule has 0 bridgehead atoms. The van der Waals surface area contributed by atoms with Gasteiger partial charge >= 0.3 is 0 Å². The zero-order valence-electron chi connectivity index (χ0n) is 9.24. The lowest BCUT2D eigenvalue weighted by Gasteiger charge is -2.15. The van der Waals surface area contributed by atoms with Gasteiger partial charge in [-0.2, -0.15) is 0 Å². The summed E-state index contributed by atoms with van der Waals surface area (Å²) >= 11 is 5.73. The average molecular weight is 263 g/mol. The Morgan fingerprint density at radius 3 is 2.25 bits per heavy atom. The molecule has 0 heterocycles. The molecular formula is C11H16Cl2N2O. The number of hydrogen-bond donors (Lipinski definition) is 2. The fourth-order valence-corrected chi connectivity index (χ4v) is 1.15. The van der Waals surface area contributed by atoms with Crippen molar-refractivity contribution in [2.75, 3.05) is 5.32 Å². The van der Waals surface area contributed by atoms with Gasteiger partial charge in [0.25, 0.3) is 0 Å². The Morgan fingerprint density at radius 2 is 1.81 bits per heavy atom. The molecule has 0 radical (unpaired) electrons. The molecule has 0 aliphatic heterocycles. The minimum Gasteiger partial charge on any atom is -0.327 e. The third kappa shape index (κ3) is 4.39. The predicted octanol–water partition coefficient (Wildman–Crippen LogP) is 2.68. The highest BCUT2D eigenvalue weighted by Gasteiger charge is 2.16. The first-order valence-electron chi connectivity index (χ1n) is 4.82. The van der Waals surface area contributed by atoms with Crippen LogP contribution in [0.3, 0.4) is 0 Å². The molecule has 5 heteroatoms. The van der Waals surface area contributed by atoms with Gasteiger partial charge in [0.2, 0.25) is 5.91 Å². The van der Waals surface area contributed by atoms with E-state index in [2.05, 4.69) is 5.32 Å². The summed E-state index contributed by atoms with van der Waals surface area (Å²) in [5, 5.41) is 3.42. The zero-order chi connectivity index (χ0) is 11.4. The molecule has 1 amide bonds. The Morgan fingerprint density at radius 1 is 1.31 bits per heavy atom. The molecule has 16 heavy (non-hydrogen) atoms. The van der Waals surface area contributed by atoms with E-state index in [1.165, 1.54) is 0 Å². The average Bonchev–Trinajstić information content (AvgIpc) is 2.20. The number of nitrogens with one attached hydrogen (secondary N) is 1. The molecule has 1 rings (SSSR count). The van der Waals surface area contributed by atoms with Crippen LogP contribution in [0, 0.1) is 5.92 Å². The highest BCUT2D eigenvalue weighted by atomic mass is 35.5. The molecule has 0 aromatic heterocycles. The van der Waals surface area contributed by atoms with Crippen LogP contribution in [0.15, 0.2) is 24.3 Å². The van der Waals surface area contributed by atoms with Crippen molar-refractivity contribution in [1.82, 2.24) is 0 Å². The van der Waals surface area contributed by atoms with Crippen LogP contribution in [0.5, 0.6) is 0 Å². The lowest BCUT2D eigenvalue weighted by atomic mass is 10.0. The van der Waals surface area contributed by atoms with Crippen LogP contribution >= 0.6 is 24.0 Å². The lowest BCUT2D eigenvalue weighted by Crippen LogP contribution is -2.34. The van der Waals surface area contributed by atoms with Crippen molar-refractivity contribution in [2.24, 2.45) is 11.7 Å². The molecule has 0 saturated carbocycles. The van der Waals surface area contributed by atoms with Crippen LogP contribution in [0.1, 0.15) is 13.8 Å². The summed E-state index contributed by atoms with van der Waals surface area (Å²) in [5.41, 5.74) is 6.37. The molecule has 3 N–H and O–H groups in total. The van der Waals surface area contributed by atoms with E-state index in [1.54, 1.807) is 31.2 Å². The monoisotopic (exact) mass is 262 g/mol. The number of rotatable bonds is 3. The maximum Gasteiger partial charge on any atom is 0.228 e. The second kappa shape index (κ2) is 6.74. The molecule has 1 aromatic rings. The SMILES string of the molecule is CC(N)C(C)C(=O)Nc1ccc(Cl)cc1.Cl. The number of benzene rings is 1. The standard InChI is InChI=1S/C11H15ClN2O.ClH/c1-7(8(2)13)11(15)14-10-5-3-9(12)4-6-10;/h3-8H,13H2,1-2H3,(H,14,15);1H. The number of carbonyl (C=O) groups is 1. The third-order valence-corrected chi connectivity index (χ3v) is 2.57. The maximum atomic E-state index is 11.6. The third-order valence-electron chi connectivity index (χ3n) is 2.31. The van der Waals surface area contributed by atoms with Gasteiger partial charge in [-0.1, -0.05) is 18.5 Å². The van der Waals surface area contributed by atoms with Gasteiger partial charge in [-0.05, 0) is 31.2 Å². The number of halogens is 2. The molecule has 2 atom stereocenters. The van der Waals surface area contributed by atoms with Gasteiger partial charge in [0.05, 0.1) is 5.92 Å². The van der Waals surface area contributed by atoms with Crippen molar-refractivity contribution in [3.8, 4) is 0 Å². The lowest BCUT2D eigenvalue weighted by molar-refractivity contribution is -0.119. The van der Waals surface area contributed by atoms with Crippen molar-refractivity contribution in [3.63, 3.8) is 0 Å². The summed E-state index contributed by atoms with van der Waals surface area (Å²) in [7, 11) is 0. The fourth-order valence-electron chi connectivity index (χ4n) is 1.03. The highest BCUT2D eigenvalue weighted by molar-refractivity contribution is 6.30. The van der Waals surface area contributed by atoms with E-state index in [1.807, 2.05) is 6.92 Å². The second-order valence-corrected chi connectivity index (χ2v) is 4.08. The molecule has 1 aromatic carbocycles. The van der Waals surface area contributed by atoms with Crippen molar-refractivity contribution < 1.29 is 4.79 Å². The van der Waals surface area contributed by atoms with Gasteiger partial charge < -0.3 is 11.1 Å². The quantitative estimate of drug-likeness (QED) is 0.880. The van der Waals surface area contributed by atoms with Crippen LogP contribution in [-0.2, 0) is 4.79 Å². The molecular weight excluding hydrogens is 247 g/mol. The van der Waals surface area contributed by atoms with Crippen molar-refractivity contribution >= 4 is 35.6 Å². The number of anilines is 1. The smallest absolute Gasteiger partial charge is 0.228 e. The van der Waals surface area contributed by atoms with Gasteiger partial charge in [-0.25, -0.2) is 0 Å². The van der Waals surface area contributed by atoms with Gasteiger partial charge in [0.15, 0.2) is 0 Å². The number of carbonyl (C=O) groups excluding carboxylic acids is 1. The second-order valence-electron chi connectivity index (χ2n) is 3.64. The van der Waals surface area contributed by atoms with Gasteiger partial charge in [-0.15, -0.1) is 12.4 Å². The molecule has 90 valence electrons. The number of hydrogen-bond acceptors (Lipinski definition) is 2. The Labute approximate surface area is 107 Å². The largest absolute Gasteiger partial charge is 0.327 e. The minimum absolute atomic E-state index is 0. The molecule has 0 spiro atoms. The van der Waals surface area contributed by atoms with Crippen LogP contribution in [0.2, 0.25) is 5.02 Å². The fraction of sp³-hybridized carbons (Fsp3) is 0.364. The van der Waals surface area contributed by atoms with E-state index in [0.717, 1.165) is 5.69 Å². The summed E-state index contributed by atoms with van der Waals surface area (Å²) < 4.78 is 0. The molecule has 2 unspecified atom stereocenters. The first kappa shape index (κ1) is 15.2. The number of amides is 1. The van der Waals surface area contributed by atoms with E-state index in [4.69, 9.17) is 17.3 Å². The molecule has 0 saturated heterocycles. The van der Waals surface area contributed by atoms with Crippen molar-refractivity contribution in [1.29, 1.82) is 0 Å². The first-order valence-corrected chi connectivity index (χ1v) is 5.20. The van der Waals surface area contributed by atoms with E-state index in [-0.39, 0.29) is 30.3 Å². The van der Waals surface area contributed by atoms with Gasteiger partial charge in [0, 0.05) is 16.8 Å². The Balaban J connectivity index is 0.00000225.